The van der Waals surface area contributed by atoms with E-state index in [1.807, 2.05) is 40.9 Å². The first-order chi connectivity index (χ1) is 16.4. The van der Waals surface area contributed by atoms with E-state index >= 15 is 0 Å². The Morgan fingerprint density at radius 3 is 2.65 bits per heavy atom. The number of pyridine rings is 1. The number of aliphatic imine (C=N–C) groups is 1. The van der Waals surface area contributed by atoms with Crippen molar-refractivity contribution in [1.29, 1.82) is 0 Å². The van der Waals surface area contributed by atoms with Gasteiger partial charge < -0.3 is 14.7 Å². The minimum absolute atomic E-state index is 0.257. The molecule has 2 unspecified atom stereocenters. The van der Waals surface area contributed by atoms with Crippen LogP contribution in [0.4, 0.5) is 13.2 Å². The van der Waals surface area contributed by atoms with Gasteiger partial charge >= 0.3 is 0 Å². The Morgan fingerprint density at radius 2 is 1.94 bits per heavy atom. The molecule has 34 heavy (non-hydrogen) atoms. The largest absolute Gasteiger partial charge is 0.479 e. The van der Waals surface area contributed by atoms with Gasteiger partial charge in [0.15, 0.2) is 17.5 Å². The summed E-state index contributed by atoms with van der Waals surface area (Å²) in [7, 11) is 1.56. The molecule has 1 N–H and O–H groups in total. The van der Waals surface area contributed by atoms with Crippen molar-refractivity contribution in [2.75, 3.05) is 13.7 Å². The zero-order valence-electron chi connectivity index (χ0n) is 18.7. The van der Waals surface area contributed by atoms with Crippen LogP contribution in [0.15, 0.2) is 47.9 Å². The van der Waals surface area contributed by atoms with Crippen LogP contribution in [-0.4, -0.2) is 45.2 Å². The molecule has 0 radical (unpaired) electrons. The summed E-state index contributed by atoms with van der Waals surface area (Å²) in [5.74, 6) is -3.01. The van der Waals surface area contributed by atoms with E-state index in [0.29, 0.717) is 29.4 Å². The first kappa shape index (κ1) is 22.1. The van der Waals surface area contributed by atoms with Gasteiger partial charge in [-0.25, -0.2) is 28.1 Å². The normalized spacial score (nSPS) is 20.3. The third-order valence-corrected chi connectivity index (χ3v) is 6.01. The second-order valence-corrected chi connectivity index (χ2v) is 8.30. The molecule has 10 heteroatoms. The molecule has 0 saturated carbocycles. The Bertz CT molecular complexity index is 1260. The number of halogens is 3. The average Bonchev–Trinajstić information content (AvgIpc) is 3.46. The molecule has 1 saturated heterocycles. The molecule has 2 aliphatic rings. The van der Waals surface area contributed by atoms with E-state index in [1.54, 1.807) is 19.5 Å². The number of fused-ring (bicyclic) bond motifs is 1. The van der Waals surface area contributed by atoms with E-state index in [1.165, 1.54) is 0 Å². The number of nitrogens with one attached hydrogen (secondary N) is 1. The van der Waals surface area contributed by atoms with Crippen molar-refractivity contribution in [2.45, 2.75) is 31.8 Å². The Balaban J connectivity index is 1.37. The fourth-order valence-corrected chi connectivity index (χ4v) is 4.39. The van der Waals surface area contributed by atoms with Gasteiger partial charge in [-0.15, -0.1) is 0 Å². The predicted molar refractivity (Wildman–Crippen MR) is 121 cm³/mol. The second-order valence-electron chi connectivity index (χ2n) is 8.30. The molecule has 176 valence electrons. The van der Waals surface area contributed by atoms with E-state index in [0.717, 1.165) is 36.5 Å². The van der Waals surface area contributed by atoms with Crippen LogP contribution in [0.3, 0.4) is 0 Å². The minimum Gasteiger partial charge on any atom is -0.479 e. The van der Waals surface area contributed by atoms with E-state index in [-0.39, 0.29) is 12.1 Å². The molecule has 1 aromatic carbocycles. The van der Waals surface area contributed by atoms with Crippen LogP contribution in [0.2, 0.25) is 0 Å². The maximum Gasteiger partial charge on any atom is 0.238 e. The number of amidine groups is 1. The van der Waals surface area contributed by atoms with Gasteiger partial charge in [0.1, 0.15) is 17.7 Å². The monoisotopic (exact) mass is 468 g/mol. The predicted octanol–water partition coefficient (Wildman–Crippen LogP) is 4.14. The highest BCUT2D eigenvalue weighted by molar-refractivity contribution is 5.97. The van der Waals surface area contributed by atoms with Gasteiger partial charge in [0.05, 0.1) is 24.8 Å². The van der Waals surface area contributed by atoms with Gasteiger partial charge in [-0.05, 0) is 61.7 Å². The highest BCUT2D eigenvalue weighted by Gasteiger charge is 2.37. The van der Waals surface area contributed by atoms with Crippen molar-refractivity contribution >= 4 is 11.9 Å². The number of nitrogens with zero attached hydrogens (tertiary/aromatic N) is 5. The van der Waals surface area contributed by atoms with Crippen molar-refractivity contribution in [3.05, 3.63) is 77.3 Å². The number of benzene rings is 1. The van der Waals surface area contributed by atoms with Gasteiger partial charge in [-0.2, -0.15) is 5.01 Å². The first-order valence-corrected chi connectivity index (χ1v) is 10.9. The van der Waals surface area contributed by atoms with Crippen LogP contribution in [0.25, 0.3) is 11.8 Å². The minimum atomic E-state index is -1.45. The highest BCUT2D eigenvalue weighted by Crippen LogP contribution is 2.35. The van der Waals surface area contributed by atoms with Crippen LogP contribution in [0.5, 0.6) is 5.88 Å². The Hall–Kier alpha value is -3.66. The van der Waals surface area contributed by atoms with E-state index in [9.17, 15) is 13.2 Å². The van der Waals surface area contributed by atoms with Crippen molar-refractivity contribution in [3.8, 4) is 11.6 Å². The van der Waals surface area contributed by atoms with Gasteiger partial charge in [-0.3, -0.25) is 0 Å². The van der Waals surface area contributed by atoms with Crippen molar-refractivity contribution < 1.29 is 17.9 Å². The van der Waals surface area contributed by atoms with Crippen LogP contribution < -0.4 is 10.2 Å². The summed E-state index contributed by atoms with van der Waals surface area (Å²) in [5, 5.41) is 1.94. The smallest absolute Gasteiger partial charge is 0.238 e. The molecule has 0 amide bonds. The van der Waals surface area contributed by atoms with Gasteiger partial charge in [0.25, 0.3) is 0 Å². The number of hydrogen-bond acceptors (Lipinski definition) is 6. The number of aromatic nitrogens is 3. The number of aryl methyl sites for hydroxylation is 1. The number of imidazole rings is 1. The summed E-state index contributed by atoms with van der Waals surface area (Å²) in [6, 6.07) is 5.89. The molecule has 4 heterocycles. The fraction of sp³-hybridized carbons (Fsp3) is 0.292. The molecule has 2 aromatic heterocycles. The summed E-state index contributed by atoms with van der Waals surface area (Å²) in [6.07, 6.45) is 8.36. The number of hydrazine groups is 1. The molecule has 2 atom stereocenters. The van der Waals surface area contributed by atoms with Gasteiger partial charge in [-0.1, -0.05) is 0 Å². The third-order valence-electron chi connectivity index (χ3n) is 6.01. The molecular formula is C24H23F3N6O. The number of ether oxygens (including phenoxy) is 1. The van der Waals surface area contributed by atoms with E-state index < -0.39 is 17.5 Å². The third kappa shape index (κ3) is 4.16. The SMILES string of the molecule is COc1nc(/C=C/C2=NC3C(c4cc(F)c(F)c(F)c4)CCCN3N2)ccc1-n1cnc(C)c1. The fourth-order valence-electron chi connectivity index (χ4n) is 4.39. The zero-order chi connectivity index (χ0) is 23.8. The number of methoxy groups -OCH3 is 1. The maximum atomic E-state index is 13.8. The Morgan fingerprint density at radius 1 is 1.15 bits per heavy atom. The lowest BCUT2D eigenvalue weighted by atomic mass is 9.88. The number of hydrogen-bond donors (Lipinski definition) is 1. The first-order valence-electron chi connectivity index (χ1n) is 10.9. The Kier molecular flexibility index (Phi) is 5.82. The highest BCUT2D eigenvalue weighted by atomic mass is 19.2. The number of piperidine rings is 1. The van der Waals surface area contributed by atoms with Gasteiger partial charge in [0.2, 0.25) is 5.88 Å². The molecule has 2 aliphatic heterocycles. The van der Waals surface area contributed by atoms with Crippen molar-refractivity contribution in [2.24, 2.45) is 4.99 Å². The summed E-state index contributed by atoms with van der Waals surface area (Å²) in [5.41, 5.74) is 5.97. The lowest BCUT2D eigenvalue weighted by Crippen LogP contribution is -2.46. The molecule has 0 bridgehead atoms. The summed E-state index contributed by atoms with van der Waals surface area (Å²) in [6.45, 7) is 2.64. The molecule has 1 fully saturated rings. The van der Waals surface area contributed by atoms with Crippen molar-refractivity contribution in [1.82, 2.24) is 25.0 Å². The zero-order valence-corrected chi connectivity index (χ0v) is 18.7. The summed E-state index contributed by atoms with van der Waals surface area (Å²) >= 11 is 0. The van der Waals surface area contributed by atoms with Crippen LogP contribution in [-0.2, 0) is 0 Å². The standard InChI is InChI=1S/C24H23F3N6O/c1-14-12-32(13-28-14)20-7-5-16(29-24(20)34-2)6-8-21-30-23-17(4-3-9-33(23)31-21)15-10-18(25)22(27)19(26)11-15/h5-8,10-13,17,23H,3-4,9H2,1-2H3,(H,30,31)/b8-6+. The Labute approximate surface area is 194 Å². The van der Waals surface area contributed by atoms with Crippen LogP contribution in [0, 0.1) is 24.4 Å². The summed E-state index contributed by atoms with van der Waals surface area (Å²) < 4.78 is 48.3. The molecular weight excluding hydrogens is 445 g/mol. The molecule has 3 aromatic rings. The van der Waals surface area contributed by atoms with E-state index in [4.69, 9.17) is 9.73 Å². The quantitative estimate of drug-likeness (QED) is 0.571. The molecule has 7 nitrogen and oxygen atoms in total. The average molecular weight is 468 g/mol. The number of rotatable bonds is 5. The molecule has 0 spiro atoms. The van der Waals surface area contributed by atoms with Crippen molar-refractivity contribution in [3.63, 3.8) is 0 Å². The van der Waals surface area contributed by atoms with Gasteiger partial charge in [0, 0.05) is 18.7 Å². The lowest BCUT2D eigenvalue weighted by Gasteiger charge is -2.34. The second kappa shape index (κ2) is 8.94. The molecule has 0 aliphatic carbocycles. The summed E-state index contributed by atoms with van der Waals surface area (Å²) in [4.78, 5) is 13.5. The maximum absolute atomic E-state index is 13.8. The lowest BCUT2D eigenvalue weighted by molar-refractivity contribution is 0.123. The molecule has 5 rings (SSSR count). The van der Waals surface area contributed by atoms with Crippen LogP contribution >= 0.6 is 0 Å². The van der Waals surface area contributed by atoms with Crippen LogP contribution in [0.1, 0.15) is 35.7 Å². The van der Waals surface area contributed by atoms with E-state index in [2.05, 4.69) is 15.4 Å². The topological polar surface area (TPSA) is 67.6 Å².